The Morgan fingerprint density at radius 1 is 1.36 bits per heavy atom. The van der Waals surface area contributed by atoms with Crippen molar-refractivity contribution < 1.29 is 19.4 Å². The summed E-state index contributed by atoms with van der Waals surface area (Å²) in [6, 6.07) is 4.62. The van der Waals surface area contributed by atoms with Crippen molar-refractivity contribution in [2.24, 2.45) is 5.92 Å². The zero-order valence-corrected chi connectivity index (χ0v) is 14.1. The normalized spacial score (nSPS) is 21.2. The molecule has 120 valence electrons. The first-order chi connectivity index (χ1) is 10.5. The summed E-state index contributed by atoms with van der Waals surface area (Å²) in [6.45, 7) is 1.78. The van der Waals surface area contributed by atoms with Crippen LogP contribution in [0, 0.1) is 5.92 Å². The maximum atomic E-state index is 11.9. The molecule has 0 aromatic heterocycles. The van der Waals surface area contributed by atoms with Crippen molar-refractivity contribution >= 4 is 27.8 Å². The van der Waals surface area contributed by atoms with Crippen LogP contribution < -0.4 is 5.32 Å². The molecular weight excluding hydrogens is 350 g/mol. The Bertz CT molecular complexity index is 561. The first-order valence-electron chi connectivity index (χ1n) is 7.42. The van der Waals surface area contributed by atoms with E-state index in [1.165, 1.54) is 18.6 Å². The van der Waals surface area contributed by atoms with Gasteiger partial charge in [-0.25, -0.2) is 4.79 Å². The first-order valence-corrected chi connectivity index (χ1v) is 8.21. The van der Waals surface area contributed by atoms with E-state index in [0.717, 1.165) is 19.3 Å². The maximum Gasteiger partial charge on any atom is 0.342 e. The second-order valence-corrected chi connectivity index (χ2v) is 6.59. The fourth-order valence-electron chi connectivity index (χ4n) is 2.66. The van der Waals surface area contributed by atoms with Crippen LogP contribution in [0.1, 0.15) is 43.0 Å². The number of ether oxygens (including phenoxy) is 1. The Morgan fingerprint density at radius 2 is 2.09 bits per heavy atom. The van der Waals surface area contributed by atoms with Gasteiger partial charge in [0, 0.05) is 10.5 Å². The van der Waals surface area contributed by atoms with Gasteiger partial charge in [-0.15, -0.1) is 0 Å². The molecule has 5 nitrogen and oxygen atoms in total. The standard InChI is InChI=1S/C16H20BrNO4/c1-10-4-2-3-5-13(10)18-15(20)9-22-16(21)12-8-11(17)6-7-14(12)19/h6-8,10,13,19H,2-5,9H2,1H3,(H,18,20). The van der Waals surface area contributed by atoms with E-state index in [4.69, 9.17) is 4.74 Å². The van der Waals surface area contributed by atoms with E-state index in [-0.39, 0.29) is 29.9 Å². The number of halogens is 1. The minimum atomic E-state index is -0.717. The average molecular weight is 370 g/mol. The highest BCUT2D eigenvalue weighted by atomic mass is 79.9. The van der Waals surface area contributed by atoms with Gasteiger partial charge < -0.3 is 15.2 Å². The summed E-state index contributed by atoms with van der Waals surface area (Å²) in [7, 11) is 0. The lowest BCUT2D eigenvalue weighted by Crippen LogP contribution is -2.42. The molecule has 0 bridgehead atoms. The van der Waals surface area contributed by atoms with Gasteiger partial charge in [-0.3, -0.25) is 4.79 Å². The number of benzene rings is 1. The molecule has 1 aliphatic rings. The molecule has 6 heteroatoms. The molecule has 0 spiro atoms. The van der Waals surface area contributed by atoms with Crippen molar-refractivity contribution in [3.63, 3.8) is 0 Å². The molecule has 1 aromatic carbocycles. The molecule has 2 unspecified atom stereocenters. The molecule has 2 rings (SSSR count). The SMILES string of the molecule is CC1CCCCC1NC(=O)COC(=O)c1cc(Br)ccc1O. The van der Waals surface area contributed by atoms with Gasteiger partial charge in [0.25, 0.3) is 5.91 Å². The lowest BCUT2D eigenvalue weighted by molar-refractivity contribution is -0.125. The molecule has 2 atom stereocenters. The molecule has 1 aromatic rings. The van der Waals surface area contributed by atoms with Gasteiger partial charge in [0.1, 0.15) is 11.3 Å². The predicted molar refractivity (Wildman–Crippen MR) is 85.7 cm³/mol. The molecule has 0 heterocycles. The summed E-state index contributed by atoms with van der Waals surface area (Å²) >= 11 is 3.22. The number of esters is 1. The largest absolute Gasteiger partial charge is 0.507 e. The van der Waals surface area contributed by atoms with Gasteiger partial charge in [-0.2, -0.15) is 0 Å². The molecular formula is C16H20BrNO4. The number of carbonyl (C=O) groups excluding carboxylic acids is 2. The Labute approximate surface area is 138 Å². The average Bonchev–Trinajstić information content (AvgIpc) is 2.49. The van der Waals surface area contributed by atoms with E-state index in [1.807, 2.05) is 0 Å². The minimum absolute atomic E-state index is 0.0354. The topological polar surface area (TPSA) is 75.6 Å². The van der Waals surface area contributed by atoms with Crippen LogP contribution in [0.15, 0.2) is 22.7 Å². The summed E-state index contributed by atoms with van der Waals surface area (Å²) in [6.07, 6.45) is 4.38. The van der Waals surface area contributed by atoms with Gasteiger partial charge >= 0.3 is 5.97 Å². The van der Waals surface area contributed by atoms with E-state index < -0.39 is 5.97 Å². The van der Waals surface area contributed by atoms with Crippen LogP contribution >= 0.6 is 15.9 Å². The second-order valence-electron chi connectivity index (χ2n) is 5.67. The Morgan fingerprint density at radius 3 is 2.82 bits per heavy atom. The quantitative estimate of drug-likeness (QED) is 0.799. The van der Waals surface area contributed by atoms with Gasteiger partial charge in [0.2, 0.25) is 0 Å². The number of rotatable bonds is 4. The molecule has 1 amide bonds. The van der Waals surface area contributed by atoms with Crippen molar-refractivity contribution in [1.29, 1.82) is 0 Å². The van der Waals surface area contributed by atoms with Gasteiger partial charge in [-0.05, 0) is 37.0 Å². The van der Waals surface area contributed by atoms with E-state index >= 15 is 0 Å². The van der Waals surface area contributed by atoms with Crippen LogP contribution in [0.25, 0.3) is 0 Å². The van der Waals surface area contributed by atoms with Crippen LogP contribution in [0.3, 0.4) is 0 Å². The highest BCUT2D eigenvalue weighted by Crippen LogP contribution is 2.24. The molecule has 0 saturated heterocycles. The molecule has 1 fully saturated rings. The number of nitrogens with one attached hydrogen (secondary N) is 1. The lowest BCUT2D eigenvalue weighted by Gasteiger charge is -2.29. The number of phenols is 1. The molecule has 0 aliphatic heterocycles. The fraction of sp³-hybridized carbons (Fsp3) is 0.500. The van der Waals surface area contributed by atoms with Crippen LogP contribution in [0.5, 0.6) is 5.75 Å². The number of hydrogen-bond acceptors (Lipinski definition) is 4. The predicted octanol–water partition coefficient (Wildman–Crippen LogP) is 3.01. The van der Waals surface area contributed by atoms with E-state index in [0.29, 0.717) is 10.4 Å². The third-order valence-electron chi connectivity index (χ3n) is 3.97. The zero-order valence-electron chi connectivity index (χ0n) is 12.5. The van der Waals surface area contributed by atoms with Crippen LogP contribution in [0.4, 0.5) is 0 Å². The van der Waals surface area contributed by atoms with Crippen molar-refractivity contribution in [1.82, 2.24) is 5.32 Å². The zero-order chi connectivity index (χ0) is 16.1. The van der Waals surface area contributed by atoms with E-state index in [2.05, 4.69) is 28.2 Å². The number of amides is 1. The summed E-state index contributed by atoms with van der Waals surface area (Å²) in [5.74, 6) is -0.746. The van der Waals surface area contributed by atoms with Gasteiger partial charge in [-0.1, -0.05) is 35.7 Å². The Hall–Kier alpha value is -1.56. The summed E-state index contributed by atoms with van der Waals surface area (Å²) in [5.41, 5.74) is 0.0354. The molecule has 2 N–H and O–H groups in total. The van der Waals surface area contributed by atoms with E-state index in [1.54, 1.807) is 6.07 Å². The van der Waals surface area contributed by atoms with Gasteiger partial charge in [0.05, 0.1) is 0 Å². The van der Waals surface area contributed by atoms with Crippen molar-refractivity contribution in [2.45, 2.75) is 38.6 Å². The first kappa shape index (κ1) is 16.8. The second kappa shape index (κ2) is 7.63. The number of carbonyl (C=O) groups is 2. The monoisotopic (exact) mass is 369 g/mol. The third-order valence-corrected chi connectivity index (χ3v) is 4.46. The summed E-state index contributed by atoms with van der Waals surface area (Å²) in [4.78, 5) is 23.8. The van der Waals surface area contributed by atoms with E-state index in [9.17, 15) is 14.7 Å². The van der Waals surface area contributed by atoms with Crippen molar-refractivity contribution in [3.8, 4) is 5.75 Å². The highest BCUT2D eigenvalue weighted by molar-refractivity contribution is 9.10. The Kier molecular flexibility index (Phi) is 5.83. The van der Waals surface area contributed by atoms with Crippen LogP contribution in [-0.4, -0.2) is 29.6 Å². The lowest BCUT2D eigenvalue weighted by atomic mass is 9.86. The fourth-order valence-corrected chi connectivity index (χ4v) is 3.02. The Balaban J connectivity index is 1.85. The molecule has 1 aliphatic carbocycles. The number of hydrogen-bond donors (Lipinski definition) is 2. The summed E-state index contributed by atoms with van der Waals surface area (Å²) < 4.78 is 5.62. The minimum Gasteiger partial charge on any atom is -0.507 e. The smallest absolute Gasteiger partial charge is 0.342 e. The van der Waals surface area contributed by atoms with Crippen molar-refractivity contribution in [3.05, 3.63) is 28.2 Å². The van der Waals surface area contributed by atoms with Crippen LogP contribution in [-0.2, 0) is 9.53 Å². The molecule has 22 heavy (non-hydrogen) atoms. The van der Waals surface area contributed by atoms with Crippen molar-refractivity contribution in [2.75, 3.05) is 6.61 Å². The number of phenolic OH excluding ortho intramolecular Hbond substituents is 1. The third kappa shape index (κ3) is 4.47. The number of aromatic hydroxyl groups is 1. The van der Waals surface area contributed by atoms with Crippen LogP contribution in [0.2, 0.25) is 0 Å². The molecule has 0 radical (unpaired) electrons. The summed E-state index contributed by atoms with van der Waals surface area (Å²) in [5, 5.41) is 12.6. The van der Waals surface area contributed by atoms with Gasteiger partial charge in [0.15, 0.2) is 6.61 Å². The molecule has 1 saturated carbocycles. The maximum absolute atomic E-state index is 11.9. The highest BCUT2D eigenvalue weighted by Gasteiger charge is 2.23.